The van der Waals surface area contributed by atoms with Crippen LogP contribution in [0.15, 0.2) is 18.2 Å². The first-order chi connectivity index (χ1) is 11.1. The molecule has 1 heterocycles. The van der Waals surface area contributed by atoms with Crippen LogP contribution >= 0.6 is 11.6 Å². The van der Waals surface area contributed by atoms with E-state index in [-0.39, 0.29) is 16.4 Å². The zero-order valence-corrected chi connectivity index (χ0v) is 13.4. The molecule has 0 spiro atoms. The van der Waals surface area contributed by atoms with E-state index in [1.165, 1.54) is 19.9 Å². The van der Waals surface area contributed by atoms with Gasteiger partial charge in [0.2, 0.25) is 0 Å². The summed E-state index contributed by atoms with van der Waals surface area (Å²) >= 11 is 5.84. The van der Waals surface area contributed by atoms with E-state index in [1.54, 1.807) is 0 Å². The van der Waals surface area contributed by atoms with Gasteiger partial charge in [-0.15, -0.1) is 0 Å². The first-order valence-electron chi connectivity index (χ1n) is 6.63. The number of hydrogen-bond acceptors (Lipinski definition) is 6. The third-order valence-electron chi connectivity index (χ3n) is 3.42. The molecule has 1 fully saturated rings. The Morgan fingerprint density at radius 3 is 2.62 bits per heavy atom. The maximum Gasteiger partial charge on any atom is 0.413 e. The lowest BCUT2D eigenvalue weighted by atomic mass is 10.1. The van der Waals surface area contributed by atoms with Gasteiger partial charge >= 0.3 is 12.1 Å². The van der Waals surface area contributed by atoms with Crippen LogP contribution in [-0.2, 0) is 9.53 Å². The highest BCUT2D eigenvalue weighted by Gasteiger charge is 2.46. The second-order valence-corrected chi connectivity index (χ2v) is 5.76. The first kappa shape index (κ1) is 17.5. The number of carbonyl (C=O) groups is 3. The molecule has 1 saturated heterocycles. The third-order valence-corrected chi connectivity index (χ3v) is 3.73. The maximum atomic E-state index is 11.8. The molecule has 11 heteroatoms. The summed E-state index contributed by atoms with van der Waals surface area (Å²) < 4.78 is 4.89. The lowest BCUT2D eigenvalue weighted by Gasteiger charge is -2.27. The molecule has 1 aromatic rings. The molecule has 0 atom stereocenters. The Kier molecular flexibility index (Phi) is 4.60. The van der Waals surface area contributed by atoms with Crippen molar-refractivity contribution in [1.29, 1.82) is 0 Å². The average molecular weight is 357 g/mol. The number of urea groups is 1. The Morgan fingerprint density at radius 2 is 2.12 bits per heavy atom. The average Bonchev–Trinajstić information content (AvgIpc) is 2.67. The third kappa shape index (κ3) is 3.38. The Labute approximate surface area is 140 Å². The Morgan fingerprint density at radius 1 is 1.46 bits per heavy atom. The summed E-state index contributed by atoms with van der Waals surface area (Å²) in [7, 11) is 0. The molecule has 0 aliphatic carbocycles. The van der Waals surface area contributed by atoms with E-state index in [4.69, 9.17) is 16.3 Å². The SMILES string of the molecule is CC1(C)C(=O)NC(=O)N1COC(=O)Nc1ccc([N+](=O)[O-])cc1Cl. The lowest BCUT2D eigenvalue weighted by Crippen LogP contribution is -2.45. The van der Waals surface area contributed by atoms with Gasteiger partial charge in [-0.2, -0.15) is 0 Å². The van der Waals surface area contributed by atoms with Crippen LogP contribution in [0.2, 0.25) is 5.02 Å². The molecule has 1 aromatic carbocycles. The molecule has 24 heavy (non-hydrogen) atoms. The van der Waals surface area contributed by atoms with Gasteiger partial charge in [0, 0.05) is 12.1 Å². The van der Waals surface area contributed by atoms with Crippen LogP contribution in [0.25, 0.3) is 0 Å². The van der Waals surface area contributed by atoms with Crippen LogP contribution in [0.3, 0.4) is 0 Å². The second-order valence-electron chi connectivity index (χ2n) is 5.35. The molecule has 2 rings (SSSR count). The van der Waals surface area contributed by atoms with Crippen LogP contribution in [0.4, 0.5) is 21.0 Å². The van der Waals surface area contributed by atoms with E-state index in [2.05, 4.69) is 10.6 Å². The van der Waals surface area contributed by atoms with Crippen LogP contribution in [0, 0.1) is 10.1 Å². The van der Waals surface area contributed by atoms with Crippen molar-refractivity contribution in [1.82, 2.24) is 10.2 Å². The molecular formula is C13H13ClN4O6. The fourth-order valence-corrected chi connectivity index (χ4v) is 2.12. The molecule has 0 bridgehead atoms. The van der Waals surface area contributed by atoms with Crippen LogP contribution in [-0.4, -0.2) is 40.1 Å². The predicted molar refractivity (Wildman–Crippen MR) is 82.5 cm³/mol. The maximum absolute atomic E-state index is 11.8. The monoisotopic (exact) mass is 356 g/mol. The molecule has 10 nitrogen and oxygen atoms in total. The molecule has 2 N–H and O–H groups in total. The van der Waals surface area contributed by atoms with Gasteiger partial charge in [0.15, 0.2) is 6.73 Å². The molecule has 0 aromatic heterocycles. The number of hydrogen-bond donors (Lipinski definition) is 2. The summed E-state index contributed by atoms with van der Waals surface area (Å²) in [6.07, 6.45) is -0.936. The molecule has 4 amide bonds. The number of benzene rings is 1. The molecule has 1 aliphatic rings. The molecule has 0 unspecified atom stereocenters. The van der Waals surface area contributed by atoms with E-state index >= 15 is 0 Å². The number of non-ortho nitro benzene ring substituents is 1. The van der Waals surface area contributed by atoms with E-state index in [9.17, 15) is 24.5 Å². The number of imide groups is 1. The van der Waals surface area contributed by atoms with Crippen molar-refractivity contribution in [3.05, 3.63) is 33.3 Å². The molecule has 1 aliphatic heterocycles. The molecular weight excluding hydrogens is 344 g/mol. The normalized spacial score (nSPS) is 15.9. The van der Waals surface area contributed by atoms with Crippen molar-refractivity contribution in [2.24, 2.45) is 0 Å². The van der Waals surface area contributed by atoms with E-state index < -0.39 is 35.2 Å². The van der Waals surface area contributed by atoms with Crippen LogP contribution in [0.5, 0.6) is 0 Å². The van der Waals surface area contributed by atoms with Crippen molar-refractivity contribution in [3.8, 4) is 0 Å². The van der Waals surface area contributed by atoms with Gasteiger partial charge in [-0.1, -0.05) is 11.6 Å². The molecule has 0 radical (unpaired) electrons. The number of nitrogens with one attached hydrogen (secondary N) is 2. The Balaban J connectivity index is 1.98. The van der Waals surface area contributed by atoms with Gasteiger partial charge in [-0.25, -0.2) is 9.59 Å². The Hall–Kier alpha value is -2.88. The fraction of sp³-hybridized carbons (Fsp3) is 0.308. The number of nitro groups is 1. The van der Waals surface area contributed by atoms with Crippen molar-refractivity contribution in [3.63, 3.8) is 0 Å². The van der Waals surface area contributed by atoms with E-state index in [0.717, 1.165) is 17.0 Å². The van der Waals surface area contributed by atoms with Crippen molar-refractivity contribution >= 4 is 41.0 Å². The number of amides is 4. The number of carbonyl (C=O) groups excluding carboxylic acids is 3. The fourth-order valence-electron chi connectivity index (χ4n) is 1.90. The highest BCUT2D eigenvalue weighted by molar-refractivity contribution is 6.33. The number of nitro benzene ring substituents is 1. The largest absolute Gasteiger partial charge is 0.428 e. The summed E-state index contributed by atoms with van der Waals surface area (Å²) in [4.78, 5) is 46.0. The predicted octanol–water partition coefficient (Wildman–Crippen LogP) is 2.08. The smallest absolute Gasteiger partial charge is 0.413 e. The van der Waals surface area contributed by atoms with Gasteiger partial charge in [0.25, 0.3) is 11.6 Å². The van der Waals surface area contributed by atoms with Crippen molar-refractivity contribution in [2.75, 3.05) is 12.0 Å². The van der Waals surface area contributed by atoms with Gasteiger partial charge < -0.3 is 4.74 Å². The van der Waals surface area contributed by atoms with E-state index in [1.807, 2.05) is 0 Å². The minimum absolute atomic E-state index is 0.0458. The molecule has 0 saturated carbocycles. The minimum Gasteiger partial charge on any atom is -0.428 e. The standard InChI is InChI=1S/C13H13ClN4O6/c1-13(2)10(19)16-11(20)17(13)6-24-12(21)15-9-4-3-7(18(22)23)5-8(9)14/h3-5H,6H2,1-2H3,(H,15,21)(H,16,19,20). The number of halogens is 1. The van der Waals surface area contributed by atoms with Crippen molar-refractivity contribution < 1.29 is 24.0 Å². The quantitative estimate of drug-likeness (QED) is 0.482. The summed E-state index contributed by atoms with van der Waals surface area (Å²) in [5, 5.41) is 15.0. The zero-order valence-electron chi connectivity index (χ0n) is 12.7. The number of ether oxygens (including phenoxy) is 1. The van der Waals surface area contributed by atoms with Gasteiger partial charge in [0.05, 0.1) is 15.6 Å². The first-order valence-corrected chi connectivity index (χ1v) is 7.01. The summed E-state index contributed by atoms with van der Waals surface area (Å²) in [5.41, 5.74) is -1.27. The van der Waals surface area contributed by atoms with Gasteiger partial charge in [-0.3, -0.25) is 30.4 Å². The number of nitrogens with zero attached hydrogens (tertiary/aromatic N) is 2. The minimum atomic E-state index is -1.15. The molecule has 128 valence electrons. The lowest BCUT2D eigenvalue weighted by molar-refractivity contribution is -0.384. The number of anilines is 1. The summed E-state index contributed by atoms with van der Waals surface area (Å²) in [5.74, 6) is -0.505. The van der Waals surface area contributed by atoms with Crippen LogP contribution in [0.1, 0.15) is 13.8 Å². The second kappa shape index (κ2) is 6.32. The zero-order chi connectivity index (χ0) is 18.1. The summed E-state index contributed by atoms with van der Waals surface area (Å²) in [6.45, 7) is 2.55. The highest BCUT2D eigenvalue weighted by Crippen LogP contribution is 2.27. The van der Waals surface area contributed by atoms with Crippen molar-refractivity contribution in [2.45, 2.75) is 19.4 Å². The van der Waals surface area contributed by atoms with Gasteiger partial charge in [0.1, 0.15) is 5.54 Å². The topological polar surface area (TPSA) is 131 Å². The van der Waals surface area contributed by atoms with Crippen LogP contribution < -0.4 is 10.6 Å². The Bertz CT molecular complexity index is 735. The highest BCUT2D eigenvalue weighted by atomic mass is 35.5. The number of rotatable bonds is 4. The summed E-state index contributed by atoms with van der Waals surface area (Å²) in [6, 6.07) is 2.81. The van der Waals surface area contributed by atoms with E-state index in [0.29, 0.717) is 0 Å². The van der Waals surface area contributed by atoms with Gasteiger partial charge in [-0.05, 0) is 19.9 Å².